The van der Waals surface area contributed by atoms with E-state index in [2.05, 4.69) is 5.16 Å². The van der Waals surface area contributed by atoms with Crippen molar-refractivity contribution < 1.29 is 14.1 Å². The van der Waals surface area contributed by atoms with E-state index in [-0.39, 0.29) is 11.8 Å². The molecular formula is C21H25N3O3. The zero-order valence-electron chi connectivity index (χ0n) is 16.1. The Bertz CT molecular complexity index is 884. The molecule has 0 saturated carbocycles. The number of carbonyl (C=O) groups excluding carboxylic acids is 2. The van der Waals surface area contributed by atoms with E-state index in [1.165, 1.54) is 0 Å². The van der Waals surface area contributed by atoms with Crippen molar-refractivity contribution in [3.8, 4) is 0 Å². The average Bonchev–Trinajstić information content (AvgIpc) is 3.11. The second-order valence-electron chi connectivity index (χ2n) is 7.68. The molecule has 6 nitrogen and oxygen atoms in total. The molecule has 1 atom stereocenters. The molecule has 0 N–H and O–H groups in total. The van der Waals surface area contributed by atoms with E-state index >= 15 is 0 Å². The summed E-state index contributed by atoms with van der Waals surface area (Å²) < 4.78 is 5.19. The number of rotatable bonds is 3. The van der Waals surface area contributed by atoms with Crippen LogP contribution in [0.5, 0.6) is 0 Å². The SMILES string of the molecule is Cc1noc(C)c1CCC(=O)N1CCC[C@]2(C1)C(=O)N(C)c1ccccc12. The third-order valence-electron chi connectivity index (χ3n) is 6.11. The summed E-state index contributed by atoms with van der Waals surface area (Å²) in [6.07, 6.45) is 2.66. The topological polar surface area (TPSA) is 66.7 Å². The highest BCUT2D eigenvalue weighted by atomic mass is 16.5. The van der Waals surface area contributed by atoms with Crippen LogP contribution in [0.4, 0.5) is 5.69 Å². The molecule has 4 rings (SSSR count). The molecule has 2 aliphatic rings. The molecule has 2 aromatic rings. The molecular weight excluding hydrogens is 342 g/mol. The first-order valence-electron chi connectivity index (χ1n) is 9.51. The number of hydrogen-bond acceptors (Lipinski definition) is 4. The number of hydrogen-bond donors (Lipinski definition) is 0. The molecule has 1 aromatic carbocycles. The first kappa shape index (κ1) is 17.8. The van der Waals surface area contributed by atoms with E-state index < -0.39 is 5.41 Å². The number of amides is 2. The Morgan fingerprint density at radius 3 is 2.81 bits per heavy atom. The van der Waals surface area contributed by atoms with Crippen LogP contribution in [-0.4, -0.2) is 42.0 Å². The van der Waals surface area contributed by atoms with E-state index in [9.17, 15) is 9.59 Å². The van der Waals surface area contributed by atoms with Crippen LogP contribution < -0.4 is 4.90 Å². The van der Waals surface area contributed by atoms with E-state index in [1.54, 1.807) is 4.90 Å². The number of para-hydroxylation sites is 1. The summed E-state index contributed by atoms with van der Waals surface area (Å²) in [6, 6.07) is 7.96. The summed E-state index contributed by atoms with van der Waals surface area (Å²) in [6.45, 7) is 4.95. The molecule has 27 heavy (non-hydrogen) atoms. The number of likely N-dealkylation sites (N-methyl/N-ethyl adjacent to an activating group) is 1. The number of nitrogens with zero attached hydrogens (tertiary/aromatic N) is 3. The lowest BCUT2D eigenvalue weighted by molar-refractivity contribution is -0.135. The number of fused-ring (bicyclic) bond motifs is 2. The fraction of sp³-hybridized carbons (Fsp3) is 0.476. The maximum atomic E-state index is 13.1. The van der Waals surface area contributed by atoms with E-state index in [1.807, 2.05) is 50.1 Å². The Morgan fingerprint density at radius 2 is 2.07 bits per heavy atom. The highest BCUT2D eigenvalue weighted by Crippen LogP contribution is 2.46. The van der Waals surface area contributed by atoms with Gasteiger partial charge in [0.05, 0.1) is 11.1 Å². The molecule has 1 aromatic heterocycles. The highest BCUT2D eigenvalue weighted by molar-refractivity contribution is 6.08. The largest absolute Gasteiger partial charge is 0.361 e. The minimum absolute atomic E-state index is 0.0916. The highest BCUT2D eigenvalue weighted by Gasteiger charge is 2.52. The number of benzene rings is 1. The summed E-state index contributed by atoms with van der Waals surface area (Å²) >= 11 is 0. The Labute approximate surface area is 159 Å². The maximum Gasteiger partial charge on any atom is 0.239 e. The van der Waals surface area contributed by atoms with Gasteiger partial charge in [-0.05, 0) is 44.7 Å². The third kappa shape index (κ3) is 2.74. The van der Waals surface area contributed by atoms with Crippen molar-refractivity contribution >= 4 is 17.5 Å². The first-order chi connectivity index (χ1) is 12.9. The van der Waals surface area contributed by atoms with Gasteiger partial charge in [-0.1, -0.05) is 23.4 Å². The van der Waals surface area contributed by atoms with Crippen LogP contribution in [-0.2, 0) is 21.4 Å². The number of carbonyl (C=O) groups is 2. The van der Waals surface area contributed by atoms with Gasteiger partial charge in [0.25, 0.3) is 0 Å². The van der Waals surface area contributed by atoms with Gasteiger partial charge in [0.2, 0.25) is 11.8 Å². The lowest BCUT2D eigenvalue weighted by Crippen LogP contribution is -2.53. The number of likely N-dealkylation sites (tertiary alicyclic amines) is 1. The van der Waals surface area contributed by atoms with Crippen LogP contribution in [0.2, 0.25) is 0 Å². The first-order valence-corrected chi connectivity index (χ1v) is 9.51. The molecule has 2 amide bonds. The lowest BCUT2D eigenvalue weighted by atomic mass is 9.75. The molecule has 6 heteroatoms. The van der Waals surface area contributed by atoms with Crippen LogP contribution in [0, 0.1) is 13.8 Å². The van der Waals surface area contributed by atoms with Crippen molar-refractivity contribution in [3.05, 3.63) is 46.8 Å². The molecule has 1 spiro atoms. The van der Waals surface area contributed by atoms with Crippen molar-refractivity contribution in [2.24, 2.45) is 0 Å². The smallest absolute Gasteiger partial charge is 0.239 e. The zero-order chi connectivity index (χ0) is 19.2. The zero-order valence-corrected chi connectivity index (χ0v) is 16.1. The molecule has 0 bridgehead atoms. The molecule has 1 fully saturated rings. The number of aryl methyl sites for hydroxylation is 2. The predicted octanol–water partition coefficient (Wildman–Crippen LogP) is 2.76. The summed E-state index contributed by atoms with van der Waals surface area (Å²) in [5.41, 5.74) is 3.28. The fourth-order valence-corrected chi connectivity index (χ4v) is 4.63. The molecule has 1 saturated heterocycles. The van der Waals surface area contributed by atoms with Crippen LogP contribution in [0.3, 0.4) is 0 Å². The standard InChI is InChI=1S/C21H25N3O3/c1-14-16(15(2)27-22-14)9-10-19(25)24-12-6-11-21(13-24)17-7-4-5-8-18(17)23(3)20(21)26/h4-5,7-8H,6,9-13H2,1-3H3/t21-/m1/s1. The van der Waals surface area contributed by atoms with Crippen molar-refractivity contribution in [1.82, 2.24) is 10.1 Å². The summed E-state index contributed by atoms with van der Waals surface area (Å²) in [5.74, 6) is 0.970. The van der Waals surface area contributed by atoms with Crippen LogP contribution in [0.25, 0.3) is 0 Å². The van der Waals surface area contributed by atoms with Gasteiger partial charge in [-0.3, -0.25) is 9.59 Å². The maximum absolute atomic E-state index is 13.1. The van der Waals surface area contributed by atoms with Gasteiger partial charge in [-0.2, -0.15) is 0 Å². The summed E-state index contributed by atoms with van der Waals surface area (Å²) in [7, 11) is 1.83. The van der Waals surface area contributed by atoms with Gasteiger partial charge < -0.3 is 14.3 Å². The van der Waals surface area contributed by atoms with E-state index in [4.69, 9.17) is 4.52 Å². The molecule has 142 valence electrons. The second-order valence-corrected chi connectivity index (χ2v) is 7.68. The summed E-state index contributed by atoms with van der Waals surface area (Å²) in [5, 5.41) is 3.96. The minimum Gasteiger partial charge on any atom is -0.361 e. The van der Waals surface area contributed by atoms with Gasteiger partial charge in [0, 0.05) is 37.8 Å². The Balaban J connectivity index is 1.53. The quantitative estimate of drug-likeness (QED) is 0.837. The predicted molar refractivity (Wildman–Crippen MR) is 102 cm³/mol. The lowest BCUT2D eigenvalue weighted by Gasteiger charge is -2.39. The Hall–Kier alpha value is -2.63. The van der Waals surface area contributed by atoms with Crippen LogP contribution >= 0.6 is 0 Å². The normalized spacial score (nSPS) is 21.8. The molecule has 2 aliphatic heterocycles. The third-order valence-corrected chi connectivity index (χ3v) is 6.11. The van der Waals surface area contributed by atoms with Crippen molar-refractivity contribution in [3.63, 3.8) is 0 Å². The van der Waals surface area contributed by atoms with Crippen LogP contribution in [0.15, 0.2) is 28.8 Å². The van der Waals surface area contributed by atoms with E-state index in [0.717, 1.165) is 41.1 Å². The molecule has 0 unspecified atom stereocenters. The molecule has 3 heterocycles. The van der Waals surface area contributed by atoms with Crippen molar-refractivity contribution in [1.29, 1.82) is 0 Å². The van der Waals surface area contributed by atoms with Crippen molar-refractivity contribution in [2.45, 2.75) is 44.9 Å². The minimum atomic E-state index is -0.595. The van der Waals surface area contributed by atoms with Gasteiger partial charge in [0.1, 0.15) is 5.76 Å². The summed E-state index contributed by atoms with van der Waals surface area (Å²) in [4.78, 5) is 29.6. The van der Waals surface area contributed by atoms with Crippen LogP contribution in [0.1, 0.15) is 41.8 Å². The van der Waals surface area contributed by atoms with Crippen molar-refractivity contribution in [2.75, 3.05) is 25.0 Å². The fourth-order valence-electron chi connectivity index (χ4n) is 4.63. The van der Waals surface area contributed by atoms with Gasteiger partial charge >= 0.3 is 0 Å². The van der Waals surface area contributed by atoms with Gasteiger partial charge in [-0.25, -0.2) is 0 Å². The van der Waals surface area contributed by atoms with Gasteiger partial charge in [0.15, 0.2) is 0 Å². The average molecular weight is 367 g/mol. The Morgan fingerprint density at radius 1 is 1.30 bits per heavy atom. The monoisotopic (exact) mass is 367 g/mol. The Kier molecular flexibility index (Phi) is 4.29. The van der Waals surface area contributed by atoms with Gasteiger partial charge in [-0.15, -0.1) is 0 Å². The number of anilines is 1. The number of aromatic nitrogens is 1. The van der Waals surface area contributed by atoms with E-state index in [0.29, 0.717) is 25.9 Å². The number of piperidine rings is 1. The second kappa shape index (κ2) is 6.51. The molecule has 0 aliphatic carbocycles. The molecule has 0 radical (unpaired) electrons.